The van der Waals surface area contributed by atoms with E-state index in [9.17, 15) is 4.39 Å². The maximum Gasteiger partial charge on any atom is 0.224 e. The number of nitriles is 1. The van der Waals surface area contributed by atoms with Gasteiger partial charge in [-0.1, -0.05) is 0 Å². The number of nitrogens with zero attached hydrogens (tertiary/aromatic N) is 5. The predicted molar refractivity (Wildman–Crippen MR) is 53.6 cm³/mol. The fourth-order valence-corrected chi connectivity index (χ4v) is 1.37. The molecule has 2 rings (SSSR count). The molecule has 16 heavy (non-hydrogen) atoms. The smallest absolute Gasteiger partial charge is 0.224 e. The quantitative estimate of drug-likeness (QED) is 0.707. The van der Waals surface area contributed by atoms with Crippen LogP contribution in [0.15, 0.2) is 12.4 Å². The van der Waals surface area contributed by atoms with Crippen molar-refractivity contribution >= 4 is 11.6 Å². The van der Waals surface area contributed by atoms with E-state index in [0.29, 0.717) is 5.69 Å². The van der Waals surface area contributed by atoms with Crippen molar-refractivity contribution in [2.24, 2.45) is 0 Å². The lowest BCUT2D eigenvalue weighted by Crippen LogP contribution is -2.04. The number of hydrogen-bond acceptors (Lipinski definition) is 4. The van der Waals surface area contributed by atoms with Gasteiger partial charge in [-0.25, -0.2) is 14.4 Å². The zero-order chi connectivity index (χ0) is 11.7. The van der Waals surface area contributed by atoms with Crippen LogP contribution in [0.2, 0.25) is 5.28 Å². The van der Waals surface area contributed by atoms with Gasteiger partial charge in [0.2, 0.25) is 11.1 Å². The summed E-state index contributed by atoms with van der Waals surface area (Å²) in [5, 5.41) is 8.73. The van der Waals surface area contributed by atoms with Gasteiger partial charge in [-0.2, -0.15) is 10.2 Å². The van der Waals surface area contributed by atoms with Crippen LogP contribution in [0.25, 0.3) is 5.82 Å². The highest BCUT2D eigenvalue weighted by molar-refractivity contribution is 6.28. The van der Waals surface area contributed by atoms with Crippen molar-refractivity contribution in [3.05, 3.63) is 35.0 Å². The molecule has 0 aliphatic rings. The van der Waals surface area contributed by atoms with E-state index in [2.05, 4.69) is 15.0 Å². The van der Waals surface area contributed by atoms with E-state index >= 15 is 0 Å². The zero-order valence-electron chi connectivity index (χ0n) is 8.15. The Morgan fingerprint density at radius 1 is 1.50 bits per heavy atom. The molecular formula is C9H5ClFN5. The minimum Gasteiger partial charge on any atom is -0.273 e. The molecule has 0 aliphatic heterocycles. The lowest BCUT2D eigenvalue weighted by molar-refractivity contribution is 0.600. The molecular weight excluding hydrogens is 233 g/mol. The first kappa shape index (κ1) is 10.5. The van der Waals surface area contributed by atoms with Gasteiger partial charge in [0.25, 0.3) is 0 Å². The van der Waals surface area contributed by atoms with Crippen molar-refractivity contribution in [2.75, 3.05) is 0 Å². The van der Waals surface area contributed by atoms with Crippen molar-refractivity contribution < 1.29 is 4.39 Å². The number of imidazole rings is 1. The third-order valence-electron chi connectivity index (χ3n) is 1.85. The third-order valence-corrected chi connectivity index (χ3v) is 2.03. The van der Waals surface area contributed by atoms with Crippen molar-refractivity contribution in [1.82, 2.24) is 19.5 Å². The molecule has 0 saturated heterocycles. The zero-order valence-corrected chi connectivity index (χ0v) is 8.90. The van der Waals surface area contributed by atoms with Crippen molar-refractivity contribution in [1.29, 1.82) is 5.26 Å². The van der Waals surface area contributed by atoms with E-state index in [-0.39, 0.29) is 16.9 Å². The van der Waals surface area contributed by atoms with Crippen LogP contribution in [0, 0.1) is 24.1 Å². The lowest BCUT2D eigenvalue weighted by atomic mass is 10.5. The molecule has 0 spiro atoms. The largest absolute Gasteiger partial charge is 0.273 e. The summed E-state index contributed by atoms with van der Waals surface area (Å²) in [6.45, 7) is 1.69. The molecule has 2 aromatic heterocycles. The summed E-state index contributed by atoms with van der Waals surface area (Å²) in [7, 11) is 0. The number of hydrogen-bond donors (Lipinski definition) is 0. The van der Waals surface area contributed by atoms with Crippen LogP contribution in [0.5, 0.6) is 0 Å². The summed E-state index contributed by atoms with van der Waals surface area (Å²) in [6, 6.07) is 1.84. The molecule has 0 aromatic carbocycles. The first-order chi connectivity index (χ1) is 7.61. The number of rotatable bonds is 1. The topological polar surface area (TPSA) is 67.4 Å². The Balaban J connectivity index is 2.67. The second kappa shape index (κ2) is 3.87. The predicted octanol–water partition coefficient (Wildman–Crippen LogP) is 1.63. The molecule has 0 saturated carbocycles. The van der Waals surface area contributed by atoms with Crippen LogP contribution in [0.1, 0.15) is 11.5 Å². The van der Waals surface area contributed by atoms with Crippen LogP contribution in [-0.4, -0.2) is 19.5 Å². The Morgan fingerprint density at radius 3 is 2.94 bits per heavy atom. The summed E-state index contributed by atoms with van der Waals surface area (Å²) in [6.07, 6.45) is 2.45. The number of aromatic nitrogens is 4. The molecule has 0 atom stereocenters. The standard InChI is InChI=1S/C9H5ClFN5/c1-5-4-16(7(2-12)14-5)8-6(11)3-13-9(10)15-8/h3-4H,1H3. The lowest BCUT2D eigenvalue weighted by Gasteiger charge is -2.03. The number of halogens is 2. The molecule has 2 aromatic rings. The van der Waals surface area contributed by atoms with Gasteiger partial charge in [-0.15, -0.1) is 0 Å². The van der Waals surface area contributed by atoms with Crippen LogP contribution in [0.4, 0.5) is 4.39 Å². The second-order valence-corrected chi connectivity index (χ2v) is 3.34. The Hall–Kier alpha value is -2.00. The highest BCUT2D eigenvalue weighted by Crippen LogP contribution is 2.14. The van der Waals surface area contributed by atoms with Gasteiger partial charge in [0, 0.05) is 6.20 Å². The molecule has 0 N–H and O–H groups in total. The Morgan fingerprint density at radius 2 is 2.25 bits per heavy atom. The van der Waals surface area contributed by atoms with Gasteiger partial charge in [0.1, 0.15) is 6.07 Å². The fourth-order valence-electron chi connectivity index (χ4n) is 1.24. The van der Waals surface area contributed by atoms with E-state index in [1.165, 1.54) is 10.8 Å². The molecule has 0 aliphatic carbocycles. The molecule has 0 radical (unpaired) electrons. The van der Waals surface area contributed by atoms with Crippen LogP contribution in [-0.2, 0) is 0 Å². The van der Waals surface area contributed by atoms with E-state index in [1.807, 2.05) is 6.07 Å². The average Bonchev–Trinajstić information content (AvgIpc) is 2.63. The van der Waals surface area contributed by atoms with Gasteiger partial charge in [-0.3, -0.25) is 4.57 Å². The maximum absolute atomic E-state index is 13.4. The van der Waals surface area contributed by atoms with Crippen molar-refractivity contribution in [3.8, 4) is 11.9 Å². The Bertz CT molecular complexity index is 586. The highest BCUT2D eigenvalue weighted by Gasteiger charge is 2.13. The van der Waals surface area contributed by atoms with Crippen LogP contribution < -0.4 is 0 Å². The summed E-state index contributed by atoms with van der Waals surface area (Å²) in [4.78, 5) is 11.1. The normalized spacial score (nSPS) is 10.1. The molecule has 0 fully saturated rings. The van der Waals surface area contributed by atoms with Gasteiger partial charge < -0.3 is 0 Å². The van der Waals surface area contributed by atoms with Gasteiger partial charge in [0.15, 0.2) is 11.6 Å². The Kier molecular flexibility index (Phi) is 2.54. The maximum atomic E-state index is 13.4. The van der Waals surface area contributed by atoms with Gasteiger partial charge >= 0.3 is 0 Å². The molecule has 0 amide bonds. The molecule has 2 heterocycles. The molecule has 5 nitrogen and oxygen atoms in total. The Labute approximate surface area is 95.2 Å². The molecule has 0 bridgehead atoms. The SMILES string of the molecule is Cc1cn(-c2nc(Cl)ncc2F)c(C#N)n1. The van der Waals surface area contributed by atoms with E-state index in [4.69, 9.17) is 16.9 Å². The highest BCUT2D eigenvalue weighted by atomic mass is 35.5. The summed E-state index contributed by atoms with van der Waals surface area (Å²) in [5.41, 5.74) is 0.589. The molecule has 0 unspecified atom stereocenters. The summed E-state index contributed by atoms with van der Waals surface area (Å²) in [5.74, 6) is -0.707. The first-order valence-electron chi connectivity index (χ1n) is 4.26. The van der Waals surface area contributed by atoms with Crippen molar-refractivity contribution in [3.63, 3.8) is 0 Å². The molecule has 7 heteroatoms. The fraction of sp³-hybridized carbons (Fsp3) is 0.111. The summed E-state index contributed by atoms with van der Waals surface area (Å²) < 4.78 is 14.7. The monoisotopic (exact) mass is 237 g/mol. The third kappa shape index (κ3) is 1.73. The average molecular weight is 238 g/mol. The van der Waals surface area contributed by atoms with E-state index in [1.54, 1.807) is 6.92 Å². The minimum absolute atomic E-state index is 0.0474. The number of aryl methyl sites for hydroxylation is 1. The van der Waals surface area contributed by atoms with E-state index in [0.717, 1.165) is 6.20 Å². The second-order valence-electron chi connectivity index (χ2n) is 3.00. The van der Waals surface area contributed by atoms with Gasteiger partial charge in [0.05, 0.1) is 11.9 Å². The van der Waals surface area contributed by atoms with Crippen LogP contribution in [0.3, 0.4) is 0 Å². The minimum atomic E-state index is -0.668. The first-order valence-corrected chi connectivity index (χ1v) is 4.64. The van der Waals surface area contributed by atoms with Gasteiger partial charge in [-0.05, 0) is 18.5 Å². The summed E-state index contributed by atoms with van der Waals surface area (Å²) >= 11 is 5.56. The molecule has 80 valence electrons. The van der Waals surface area contributed by atoms with Crippen molar-refractivity contribution in [2.45, 2.75) is 6.92 Å². The van der Waals surface area contributed by atoms with E-state index < -0.39 is 5.82 Å². The van der Waals surface area contributed by atoms with Crippen LogP contribution >= 0.6 is 11.6 Å².